The Kier molecular flexibility index (Phi) is 9.53. The predicted octanol–water partition coefficient (Wildman–Crippen LogP) is 3.91. The molecular weight excluding hydrogens is 474 g/mol. The summed E-state index contributed by atoms with van der Waals surface area (Å²) in [4.78, 5) is 27.8. The number of carbonyl (C=O) groups excluding carboxylic acids is 2. The highest BCUT2D eigenvalue weighted by Gasteiger charge is 2.30. The van der Waals surface area contributed by atoms with E-state index in [4.69, 9.17) is 11.6 Å². The van der Waals surface area contributed by atoms with E-state index in [1.54, 1.807) is 44.2 Å². The number of nitrogens with one attached hydrogen (secondary N) is 1. The molecule has 1 atom stereocenters. The number of nitrogens with zero attached hydrogens (tertiary/aromatic N) is 2. The SMILES string of the molecule is Cc1ccc(N(CC(=O)N(Cc2cccc(Cl)c2)[C@H](C)C(=O)NCC(C)C)S(C)(=O)=O)c(C)c1. The van der Waals surface area contributed by atoms with Crippen molar-refractivity contribution in [1.29, 1.82) is 0 Å². The second kappa shape index (κ2) is 11.7. The van der Waals surface area contributed by atoms with Crippen LogP contribution in [0, 0.1) is 19.8 Å². The van der Waals surface area contributed by atoms with Gasteiger partial charge in [-0.3, -0.25) is 13.9 Å². The first-order valence-electron chi connectivity index (χ1n) is 11.2. The molecule has 2 aromatic rings. The summed E-state index contributed by atoms with van der Waals surface area (Å²) in [5.41, 5.74) is 2.89. The number of rotatable bonds is 10. The molecule has 186 valence electrons. The van der Waals surface area contributed by atoms with Gasteiger partial charge in [-0.05, 0) is 56.0 Å². The number of amides is 2. The Bertz CT molecular complexity index is 1130. The van der Waals surface area contributed by atoms with Crippen LogP contribution in [0.5, 0.6) is 0 Å². The molecule has 0 radical (unpaired) electrons. The quantitative estimate of drug-likeness (QED) is 0.528. The smallest absolute Gasteiger partial charge is 0.244 e. The molecule has 2 rings (SSSR count). The fourth-order valence-corrected chi connectivity index (χ4v) is 4.67. The first kappa shape index (κ1) is 27.7. The van der Waals surface area contributed by atoms with Gasteiger partial charge in [0.15, 0.2) is 0 Å². The van der Waals surface area contributed by atoms with Gasteiger partial charge in [0.05, 0.1) is 11.9 Å². The molecule has 0 fully saturated rings. The van der Waals surface area contributed by atoms with Gasteiger partial charge in [0.25, 0.3) is 0 Å². The fraction of sp³-hybridized carbons (Fsp3) is 0.440. The number of carbonyl (C=O) groups is 2. The first-order valence-corrected chi connectivity index (χ1v) is 13.4. The lowest BCUT2D eigenvalue weighted by Gasteiger charge is -2.32. The van der Waals surface area contributed by atoms with Gasteiger partial charge >= 0.3 is 0 Å². The molecule has 0 aromatic heterocycles. The highest BCUT2D eigenvalue weighted by Crippen LogP contribution is 2.24. The maximum absolute atomic E-state index is 13.5. The Hall–Kier alpha value is -2.58. The van der Waals surface area contributed by atoms with Crippen LogP contribution >= 0.6 is 11.6 Å². The number of anilines is 1. The van der Waals surface area contributed by atoms with E-state index in [9.17, 15) is 18.0 Å². The van der Waals surface area contributed by atoms with Crippen LogP contribution in [0.3, 0.4) is 0 Å². The molecule has 2 amide bonds. The molecule has 2 aromatic carbocycles. The minimum atomic E-state index is -3.76. The second-order valence-corrected chi connectivity index (χ2v) is 11.4. The Balaban J connectivity index is 2.40. The van der Waals surface area contributed by atoms with Crippen LogP contribution in [0.2, 0.25) is 5.02 Å². The van der Waals surface area contributed by atoms with Crippen molar-refractivity contribution in [3.63, 3.8) is 0 Å². The van der Waals surface area contributed by atoms with E-state index in [1.807, 2.05) is 32.9 Å². The summed E-state index contributed by atoms with van der Waals surface area (Å²) in [6.45, 7) is 9.47. The van der Waals surface area contributed by atoms with Gasteiger partial charge in [0, 0.05) is 18.1 Å². The zero-order valence-electron chi connectivity index (χ0n) is 20.6. The zero-order chi connectivity index (χ0) is 25.6. The van der Waals surface area contributed by atoms with Crippen LogP contribution in [0.4, 0.5) is 5.69 Å². The Morgan fingerprint density at radius 1 is 1.06 bits per heavy atom. The van der Waals surface area contributed by atoms with Crippen molar-refractivity contribution in [3.8, 4) is 0 Å². The molecule has 34 heavy (non-hydrogen) atoms. The number of hydrogen-bond acceptors (Lipinski definition) is 4. The molecule has 1 N–H and O–H groups in total. The van der Waals surface area contributed by atoms with Crippen LogP contribution in [0.1, 0.15) is 37.5 Å². The normalized spacial score (nSPS) is 12.4. The van der Waals surface area contributed by atoms with Gasteiger partial charge in [0.2, 0.25) is 21.8 Å². The standard InChI is InChI=1S/C25H34ClN3O4S/c1-17(2)14-27-25(31)20(5)28(15-21-8-7-9-22(26)13-21)24(30)16-29(34(6,32)33)23-11-10-18(3)12-19(23)4/h7-13,17,20H,14-16H2,1-6H3,(H,27,31)/t20-/m1/s1. The average Bonchev–Trinajstić information content (AvgIpc) is 2.73. The van der Waals surface area contributed by atoms with Crippen LogP contribution < -0.4 is 9.62 Å². The monoisotopic (exact) mass is 507 g/mol. The van der Waals surface area contributed by atoms with Gasteiger partial charge in [-0.25, -0.2) is 8.42 Å². The molecule has 9 heteroatoms. The zero-order valence-corrected chi connectivity index (χ0v) is 22.2. The molecule has 0 aliphatic rings. The molecule has 0 aliphatic heterocycles. The van der Waals surface area contributed by atoms with Crippen molar-refractivity contribution in [2.45, 2.75) is 47.2 Å². The van der Waals surface area contributed by atoms with Gasteiger partial charge in [-0.2, -0.15) is 0 Å². The Morgan fingerprint density at radius 3 is 2.29 bits per heavy atom. The fourth-order valence-electron chi connectivity index (χ4n) is 3.55. The topological polar surface area (TPSA) is 86.8 Å². The lowest BCUT2D eigenvalue weighted by molar-refractivity contribution is -0.139. The van der Waals surface area contributed by atoms with Crippen molar-refractivity contribution in [2.24, 2.45) is 5.92 Å². The van der Waals surface area contributed by atoms with E-state index in [-0.39, 0.29) is 18.4 Å². The average molecular weight is 508 g/mol. The molecule has 7 nitrogen and oxygen atoms in total. The van der Waals surface area contributed by atoms with Crippen LogP contribution in [-0.4, -0.2) is 50.5 Å². The van der Waals surface area contributed by atoms with E-state index in [2.05, 4.69) is 5.32 Å². The third-order valence-corrected chi connectivity index (χ3v) is 6.76. The third kappa shape index (κ3) is 7.74. The summed E-state index contributed by atoms with van der Waals surface area (Å²) in [6, 6.07) is 11.6. The van der Waals surface area contributed by atoms with Crippen LogP contribution in [0.25, 0.3) is 0 Å². The van der Waals surface area contributed by atoms with E-state index < -0.39 is 28.5 Å². The van der Waals surface area contributed by atoms with Gasteiger partial charge < -0.3 is 10.2 Å². The highest BCUT2D eigenvalue weighted by molar-refractivity contribution is 7.92. The van der Waals surface area contributed by atoms with Gasteiger partial charge in [-0.15, -0.1) is 0 Å². The van der Waals surface area contributed by atoms with Crippen molar-refractivity contribution in [1.82, 2.24) is 10.2 Å². The van der Waals surface area contributed by atoms with Crippen molar-refractivity contribution in [2.75, 3.05) is 23.7 Å². The maximum Gasteiger partial charge on any atom is 0.244 e. The van der Waals surface area contributed by atoms with Gasteiger partial charge in [-0.1, -0.05) is 55.3 Å². The molecule has 0 spiro atoms. The van der Waals surface area contributed by atoms with E-state index in [1.165, 1.54) is 4.90 Å². The predicted molar refractivity (Wildman–Crippen MR) is 137 cm³/mol. The van der Waals surface area contributed by atoms with Crippen LogP contribution in [0.15, 0.2) is 42.5 Å². The summed E-state index contributed by atoms with van der Waals surface area (Å²) < 4.78 is 26.4. The lowest BCUT2D eigenvalue weighted by Crippen LogP contribution is -2.51. The second-order valence-electron chi connectivity index (χ2n) is 9.03. The highest BCUT2D eigenvalue weighted by atomic mass is 35.5. The molecule has 0 aliphatic carbocycles. The van der Waals surface area contributed by atoms with E-state index in [0.717, 1.165) is 27.3 Å². The number of aryl methyl sites for hydroxylation is 2. The summed E-state index contributed by atoms with van der Waals surface area (Å²) in [7, 11) is -3.76. The summed E-state index contributed by atoms with van der Waals surface area (Å²) in [6.07, 6.45) is 1.07. The number of hydrogen-bond donors (Lipinski definition) is 1. The minimum absolute atomic E-state index is 0.111. The molecule has 0 bridgehead atoms. The van der Waals surface area contributed by atoms with Crippen molar-refractivity contribution in [3.05, 3.63) is 64.2 Å². The number of halogens is 1. The van der Waals surface area contributed by atoms with E-state index in [0.29, 0.717) is 17.3 Å². The Morgan fingerprint density at radius 2 is 1.74 bits per heavy atom. The molecule has 0 saturated carbocycles. The summed E-state index contributed by atoms with van der Waals surface area (Å²) in [5, 5.41) is 3.36. The van der Waals surface area contributed by atoms with Gasteiger partial charge in [0.1, 0.15) is 12.6 Å². The molecular formula is C25H34ClN3O4S. The summed E-state index contributed by atoms with van der Waals surface area (Å²) >= 11 is 6.12. The molecule has 0 unspecified atom stereocenters. The molecule has 0 heterocycles. The third-order valence-electron chi connectivity index (χ3n) is 5.39. The van der Waals surface area contributed by atoms with E-state index >= 15 is 0 Å². The lowest BCUT2D eigenvalue weighted by atomic mass is 10.1. The largest absolute Gasteiger partial charge is 0.354 e. The first-order chi connectivity index (χ1) is 15.8. The maximum atomic E-state index is 13.5. The number of benzene rings is 2. The van der Waals surface area contributed by atoms with Crippen molar-refractivity contribution >= 4 is 39.1 Å². The molecule has 0 saturated heterocycles. The number of sulfonamides is 1. The van der Waals surface area contributed by atoms with Crippen LogP contribution in [-0.2, 0) is 26.2 Å². The summed E-state index contributed by atoms with van der Waals surface area (Å²) in [5.74, 6) is -0.544. The van der Waals surface area contributed by atoms with Crippen molar-refractivity contribution < 1.29 is 18.0 Å². The minimum Gasteiger partial charge on any atom is -0.354 e. The Labute approximate surface area is 208 Å².